The van der Waals surface area contributed by atoms with E-state index in [4.69, 9.17) is 9.15 Å². The molecule has 0 fully saturated rings. The van der Waals surface area contributed by atoms with Crippen molar-refractivity contribution in [1.82, 2.24) is 5.32 Å². The molecule has 0 radical (unpaired) electrons. The van der Waals surface area contributed by atoms with Crippen LogP contribution in [0.2, 0.25) is 0 Å². The highest BCUT2D eigenvalue weighted by atomic mass is 16.5. The van der Waals surface area contributed by atoms with Crippen molar-refractivity contribution >= 4 is 0 Å². The van der Waals surface area contributed by atoms with Crippen LogP contribution in [0.25, 0.3) is 0 Å². The van der Waals surface area contributed by atoms with Gasteiger partial charge in [0.15, 0.2) is 11.5 Å². The molecular weight excluding hydrogens is 230 g/mol. The van der Waals surface area contributed by atoms with Crippen molar-refractivity contribution in [2.24, 2.45) is 0 Å². The monoisotopic (exact) mass is 247 g/mol. The lowest BCUT2D eigenvalue weighted by molar-refractivity contribution is 0.317. The first-order valence-electron chi connectivity index (χ1n) is 5.96. The van der Waals surface area contributed by atoms with Gasteiger partial charge in [-0.05, 0) is 30.7 Å². The van der Waals surface area contributed by atoms with E-state index >= 15 is 0 Å². The zero-order chi connectivity index (χ0) is 12.8. The zero-order valence-corrected chi connectivity index (χ0v) is 10.3. The molecule has 0 aliphatic carbocycles. The summed E-state index contributed by atoms with van der Waals surface area (Å²) in [4.78, 5) is 0. The van der Waals surface area contributed by atoms with Gasteiger partial charge in [-0.1, -0.05) is 6.07 Å². The van der Waals surface area contributed by atoms with Crippen LogP contribution in [0, 0.1) is 0 Å². The molecule has 0 unspecified atom stereocenters. The first kappa shape index (κ1) is 12.5. The minimum Gasteiger partial charge on any atom is -0.504 e. The van der Waals surface area contributed by atoms with Crippen molar-refractivity contribution in [3.05, 3.63) is 47.9 Å². The lowest BCUT2D eigenvalue weighted by Gasteiger charge is -2.09. The fraction of sp³-hybridized carbons (Fsp3) is 0.286. The summed E-state index contributed by atoms with van der Waals surface area (Å²) in [6, 6.07) is 7.30. The Morgan fingerprint density at radius 2 is 2.06 bits per heavy atom. The number of aromatic hydroxyl groups is 1. The molecule has 4 nitrogen and oxygen atoms in total. The second kappa shape index (κ2) is 6.12. The Kier molecular flexibility index (Phi) is 4.25. The minimum atomic E-state index is 0.176. The van der Waals surface area contributed by atoms with E-state index in [9.17, 15) is 5.11 Å². The quantitative estimate of drug-likeness (QED) is 0.824. The Labute approximate surface area is 106 Å². The third kappa shape index (κ3) is 3.28. The standard InChI is InChI=1S/C14H17NO3/c1-2-18-14-7-11(3-4-13(14)16)8-15-9-12-5-6-17-10-12/h3-7,10,15-16H,2,8-9H2,1H3. The number of hydrogen-bond donors (Lipinski definition) is 2. The molecule has 0 aliphatic heterocycles. The molecule has 2 aromatic rings. The third-order valence-electron chi connectivity index (χ3n) is 2.56. The minimum absolute atomic E-state index is 0.176. The second-order valence-electron chi connectivity index (χ2n) is 3.97. The number of phenols is 1. The Balaban J connectivity index is 1.90. The van der Waals surface area contributed by atoms with E-state index < -0.39 is 0 Å². The highest BCUT2D eigenvalue weighted by Crippen LogP contribution is 2.26. The van der Waals surface area contributed by atoms with Crippen molar-refractivity contribution in [3.63, 3.8) is 0 Å². The highest BCUT2D eigenvalue weighted by molar-refractivity contribution is 5.41. The van der Waals surface area contributed by atoms with Crippen molar-refractivity contribution in [2.45, 2.75) is 20.0 Å². The highest BCUT2D eigenvalue weighted by Gasteiger charge is 2.03. The van der Waals surface area contributed by atoms with Gasteiger partial charge in [-0.25, -0.2) is 0 Å². The predicted molar refractivity (Wildman–Crippen MR) is 68.5 cm³/mol. The van der Waals surface area contributed by atoms with E-state index in [1.807, 2.05) is 25.1 Å². The smallest absolute Gasteiger partial charge is 0.161 e. The van der Waals surface area contributed by atoms with Crippen LogP contribution in [0.4, 0.5) is 0 Å². The molecule has 0 atom stereocenters. The molecule has 1 aromatic carbocycles. The third-order valence-corrected chi connectivity index (χ3v) is 2.56. The lowest BCUT2D eigenvalue weighted by Crippen LogP contribution is -2.12. The number of benzene rings is 1. The van der Waals surface area contributed by atoms with Gasteiger partial charge >= 0.3 is 0 Å². The van der Waals surface area contributed by atoms with Crippen LogP contribution in [-0.2, 0) is 13.1 Å². The Morgan fingerprint density at radius 1 is 1.22 bits per heavy atom. The fourth-order valence-corrected chi connectivity index (χ4v) is 1.68. The molecule has 0 aliphatic rings. The maximum absolute atomic E-state index is 9.58. The van der Waals surface area contributed by atoms with E-state index in [-0.39, 0.29) is 5.75 Å². The molecule has 1 aromatic heterocycles. The molecular formula is C14H17NO3. The predicted octanol–water partition coefficient (Wildman–Crippen LogP) is 2.67. The number of hydrogen-bond acceptors (Lipinski definition) is 4. The van der Waals surface area contributed by atoms with Crippen molar-refractivity contribution in [3.8, 4) is 11.5 Å². The number of ether oxygens (including phenoxy) is 1. The van der Waals surface area contributed by atoms with E-state index in [1.54, 1.807) is 18.6 Å². The van der Waals surface area contributed by atoms with Crippen LogP contribution in [0.15, 0.2) is 41.2 Å². The zero-order valence-electron chi connectivity index (χ0n) is 10.3. The van der Waals surface area contributed by atoms with Gasteiger partial charge in [0.05, 0.1) is 19.1 Å². The Bertz CT molecular complexity index is 480. The van der Waals surface area contributed by atoms with Crippen molar-refractivity contribution < 1.29 is 14.3 Å². The summed E-state index contributed by atoms with van der Waals surface area (Å²) in [6.45, 7) is 3.90. The number of furan rings is 1. The second-order valence-corrected chi connectivity index (χ2v) is 3.97. The average molecular weight is 247 g/mol. The fourth-order valence-electron chi connectivity index (χ4n) is 1.68. The molecule has 0 saturated carbocycles. The van der Waals surface area contributed by atoms with Gasteiger partial charge in [-0.3, -0.25) is 0 Å². The maximum atomic E-state index is 9.58. The molecule has 0 spiro atoms. The molecule has 0 saturated heterocycles. The van der Waals surface area contributed by atoms with Crippen LogP contribution >= 0.6 is 0 Å². The summed E-state index contributed by atoms with van der Waals surface area (Å²) in [5, 5.41) is 12.9. The molecule has 2 N–H and O–H groups in total. The lowest BCUT2D eigenvalue weighted by atomic mass is 10.2. The average Bonchev–Trinajstić information content (AvgIpc) is 2.87. The molecule has 18 heavy (non-hydrogen) atoms. The van der Waals surface area contributed by atoms with Gasteiger partial charge in [0, 0.05) is 18.7 Å². The van der Waals surface area contributed by atoms with Crippen LogP contribution in [0.1, 0.15) is 18.1 Å². The van der Waals surface area contributed by atoms with E-state index in [0.717, 1.165) is 17.7 Å². The number of nitrogens with one attached hydrogen (secondary N) is 1. The summed E-state index contributed by atoms with van der Waals surface area (Å²) < 4.78 is 10.3. The Morgan fingerprint density at radius 3 is 2.78 bits per heavy atom. The van der Waals surface area contributed by atoms with Crippen molar-refractivity contribution in [1.29, 1.82) is 0 Å². The van der Waals surface area contributed by atoms with Gasteiger partial charge in [-0.15, -0.1) is 0 Å². The van der Waals surface area contributed by atoms with Crippen LogP contribution in [0.3, 0.4) is 0 Å². The van der Waals surface area contributed by atoms with Gasteiger partial charge < -0.3 is 19.6 Å². The number of rotatable bonds is 6. The van der Waals surface area contributed by atoms with E-state index in [1.165, 1.54) is 0 Å². The van der Waals surface area contributed by atoms with E-state index in [2.05, 4.69) is 5.32 Å². The first-order chi connectivity index (χ1) is 8.79. The van der Waals surface area contributed by atoms with Crippen molar-refractivity contribution in [2.75, 3.05) is 6.61 Å². The topological polar surface area (TPSA) is 54.6 Å². The van der Waals surface area contributed by atoms with Crippen LogP contribution in [-0.4, -0.2) is 11.7 Å². The largest absolute Gasteiger partial charge is 0.504 e. The summed E-state index contributed by atoms with van der Waals surface area (Å²) in [6.07, 6.45) is 3.38. The van der Waals surface area contributed by atoms with Gasteiger partial charge in [0.1, 0.15) is 0 Å². The van der Waals surface area contributed by atoms with Gasteiger partial charge in [0.2, 0.25) is 0 Å². The summed E-state index contributed by atoms with van der Waals surface area (Å²) in [7, 11) is 0. The number of phenolic OH excluding ortho intramolecular Hbond substituents is 1. The summed E-state index contributed by atoms with van der Waals surface area (Å²) in [5.41, 5.74) is 2.18. The molecule has 0 amide bonds. The molecule has 0 bridgehead atoms. The van der Waals surface area contributed by atoms with Gasteiger partial charge in [-0.2, -0.15) is 0 Å². The van der Waals surface area contributed by atoms with E-state index in [0.29, 0.717) is 18.9 Å². The van der Waals surface area contributed by atoms with Gasteiger partial charge in [0.25, 0.3) is 0 Å². The maximum Gasteiger partial charge on any atom is 0.161 e. The molecule has 1 heterocycles. The summed E-state index contributed by atoms with van der Waals surface area (Å²) >= 11 is 0. The Hall–Kier alpha value is -1.94. The first-order valence-corrected chi connectivity index (χ1v) is 5.96. The molecule has 4 heteroatoms. The van der Waals surface area contributed by atoms with Crippen LogP contribution < -0.4 is 10.1 Å². The normalized spacial score (nSPS) is 10.5. The SMILES string of the molecule is CCOc1cc(CNCc2ccoc2)ccc1O. The molecule has 2 rings (SSSR count). The van der Waals surface area contributed by atoms with Crippen LogP contribution in [0.5, 0.6) is 11.5 Å². The summed E-state index contributed by atoms with van der Waals surface area (Å²) in [5.74, 6) is 0.704. The molecule has 96 valence electrons.